The molecule has 1 unspecified atom stereocenters. The number of rotatable bonds is 10. The van der Waals surface area contributed by atoms with Crippen LogP contribution in [0.3, 0.4) is 0 Å². The molecule has 0 aliphatic rings. The molecule has 0 saturated heterocycles. The van der Waals surface area contributed by atoms with Gasteiger partial charge in [0.05, 0.1) is 16.6 Å². The number of aliphatic carboxylic acids is 1. The molecular formula is C26H25ClN2O5. The number of nitrogens with one attached hydrogen (secondary N) is 2. The normalized spacial score (nSPS) is 11.5. The molecule has 0 fully saturated rings. The maximum Gasteiger partial charge on any atom is 0.323 e. The van der Waals surface area contributed by atoms with Crippen molar-refractivity contribution < 1.29 is 24.2 Å². The molecule has 0 spiro atoms. The number of para-hydroxylation sites is 1. The molecule has 0 aliphatic carbocycles. The number of carboxylic acid groups (broad SMARTS) is 1. The Hall–Kier alpha value is -3.68. The fourth-order valence-corrected chi connectivity index (χ4v) is 3.54. The highest BCUT2D eigenvalue weighted by Crippen LogP contribution is 2.24. The van der Waals surface area contributed by atoms with E-state index in [1.54, 1.807) is 48.5 Å². The third-order valence-electron chi connectivity index (χ3n) is 5.26. The van der Waals surface area contributed by atoms with E-state index in [1.807, 2.05) is 24.3 Å². The molecule has 3 aromatic rings. The van der Waals surface area contributed by atoms with Crippen LogP contribution in [-0.4, -0.2) is 36.6 Å². The van der Waals surface area contributed by atoms with Crippen molar-refractivity contribution in [2.75, 3.05) is 24.4 Å². The predicted molar refractivity (Wildman–Crippen MR) is 133 cm³/mol. The molecule has 8 heteroatoms. The van der Waals surface area contributed by atoms with Gasteiger partial charge in [-0.2, -0.15) is 0 Å². The molecular weight excluding hydrogens is 456 g/mol. The van der Waals surface area contributed by atoms with E-state index in [2.05, 4.69) is 10.6 Å². The Morgan fingerprint density at radius 3 is 2.12 bits per heavy atom. The molecule has 3 aromatic carbocycles. The Bertz CT molecular complexity index is 1150. The molecule has 2 amide bonds. The lowest BCUT2D eigenvalue weighted by atomic mass is 9.94. The lowest BCUT2D eigenvalue weighted by Gasteiger charge is -2.11. The van der Waals surface area contributed by atoms with Crippen LogP contribution in [0.15, 0.2) is 72.8 Å². The summed E-state index contributed by atoms with van der Waals surface area (Å²) in [4.78, 5) is 36.1. The molecule has 0 radical (unpaired) electrons. The summed E-state index contributed by atoms with van der Waals surface area (Å²) in [7, 11) is 1.50. The third-order valence-corrected chi connectivity index (χ3v) is 5.59. The number of ketones is 1. The largest absolute Gasteiger partial charge is 0.481 e. The number of carbonyl (C=O) groups is 3. The lowest BCUT2D eigenvalue weighted by molar-refractivity contribution is -0.142. The summed E-state index contributed by atoms with van der Waals surface area (Å²) in [6, 6.07) is 20.8. The average molecular weight is 481 g/mol. The number of carboxylic acids is 1. The van der Waals surface area contributed by atoms with Crippen LogP contribution in [0.1, 0.15) is 23.2 Å². The molecule has 0 heterocycles. The van der Waals surface area contributed by atoms with Gasteiger partial charge in [0.1, 0.15) is 0 Å². The van der Waals surface area contributed by atoms with Gasteiger partial charge in [0, 0.05) is 31.4 Å². The average Bonchev–Trinajstić information content (AvgIpc) is 2.83. The summed E-state index contributed by atoms with van der Waals surface area (Å²) in [5.41, 5.74) is 3.37. The molecule has 176 valence electrons. The fraction of sp³-hybridized carbons (Fsp3) is 0.192. The van der Waals surface area contributed by atoms with E-state index in [1.165, 1.54) is 7.11 Å². The number of halogens is 1. The predicted octanol–water partition coefficient (Wildman–Crippen LogP) is 5.96. The standard InChI is InChI=1S/C26H25ClN2O5/c1-34-15-14-20(25(31)32)16-24(30)19-8-6-17(7-9-19)18-10-12-21(13-11-18)28-26(33)29-23-5-3-2-4-22(23)27/h2-13,20H,14-16H2,1H3,(H,31,32)(H2,28,29,33). The van der Waals surface area contributed by atoms with Crippen molar-refractivity contribution in [2.24, 2.45) is 5.92 Å². The highest BCUT2D eigenvalue weighted by atomic mass is 35.5. The minimum Gasteiger partial charge on any atom is -0.481 e. The highest BCUT2D eigenvalue weighted by molar-refractivity contribution is 6.33. The third kappa shape index (κ3) is 6.91. The van der Waals surface area contributed by atoms with Gasteiger partial charge >= 0.3 is 12.0 Å². The van der Waals surface area contributed by atoms with Crippen LogP contribution in [0.2, 0.25) is 5.02 Å². The Labute approximate surface area is 202 Å². The zero-order valence-corrected chi connectivity index (χ0v) is 19.3. The number of hydrogen-bond acceptors (Lipinski definition) is 4. The first-order valence-electron chi connectivity index (χ1n) is 10.7. The van der Waals surface area contributed by atoms with Gasteiger partial charge in [-0.3, -0.25) is 9.59 Å². The molecule has 0 aliphatic heterocycles. The number of amides is 2. The van der Waals surface area contributed by atoms with Crippen molar-refractivity contribution in [1.29, 1.82) is 0 Å². The quantitative estimate of drug-likeness (QED) is 0.310. The van der Waals surface area contributed by atoms with Crippen molar-refractivity contribution in [1.82, 2.24) is 0 Å². The zero-order valence-electron chi connectivity index (χ0n) is 18.6. The molecule has 34 heavy (non-hydrogen) atoms. The van der Waals surface area contributed by atoms with Crippen molar-refractivity contribution in [3.63, 3.8) is 0 Å². The van der Waals surface area contributed by atoms with Crippen LogP contribution in [-0.2, 0) is 9.53 Å². The van der Waals surface area contributed by atoms with E-state index in [0.717, 1.165) is 11.1 Å². The minimum absolute atomic E-state index is 0.0747. The van der Waals surface area contributed by atoms with Crippen molar-refractivity contribution in [3.05, 3.63) is 83.4 Å². The van der Waals surface area contributed by atoms with Crippen LogP contribution in [0.4, 0.5) is 16.2 Å². The second-order valence-corrected chi connectivity index (χ2v) is 8.06. The second-order valence-electron chi connectivity index (χ2n) is 7.66. The van der Waals surface area contributed by atoms with Gasteiger partial charge < -0.3 is 20.5 Å². The van der Waals surface area contributed by atoms with E-state index in [4.69, 9.17) is 16.3 Å². The summed E-state index contributed by atoms with van der Waals surface area (Å²) in [6.07, 6.45) is 0.209. The summed E-state index contributed by atoms with van der Waals surface area (Å²) >= 11 is 6.05. The van der Waals surface area contributed by atoms with Crippen molar-refractivity contribution in [2.45, 2.75) is 12.8 Å². The number of carbonyl (C=O) groups excluding carboxylic acids is 2. The van der Waals surface area contributed by atoms with E-state index < -0.39 is 17.9 Å². The monoisotopic (exact) mass is 480 g/mol. The number of methoxy groups -OCH3 is 1. The summed E-state index contributed by atoms with van der Waals surface area (Å²) < 4.78 is 4.93. The number of hydrogen-bond donors (Lipinski definition) is 3. The van der Waals surface area contributed by atoms with E-state index >= 15 is 0 Å². The number of urea groups is 1. The molecule has 0 saturated carbocycles. The van der Waals surface area contributed by atoms with Gasteiger partial charge in [0.15, 0.2) is 5.78 Å². The topological polar surface area (TPSA) is 105 Å². The molecule has 1 atom stereocenters. The highest BCUT2D eigenvalue weighted by Gasteiger charge is 2.21. The van der Waals surface area contributed by atoms with Crippen LogP contribution >= 0.6 is 11.6 Å². The number of Topliss-reactive ketones (excluding diaryl/α,β-unsaturated/α-hetero) is 1. The lowest BCUT2D eigenvalue weighted by Crippen LogP contribution is -2.19. The van der Waals surface area contributed by atoms with E-state index in [9.17, 15) is 19.5 Å². The zero-order chi connectivity index (χ0) is 24.5. The first kappa shape index (κ1) is 25.0. The first-order valence-corrected chi connectivity index (χ1v) is 11.0. The van der Waals surface area contributed by atoms with Crippen LogP contribution in [0.5, 0.6) is 0 Å². The molecule has 7 nitrogen and oxygen atoms in total. The van der Waals surface area contributed by atoms with Crippen LogP contribution in [0.25, 0.3) is 11.1 Å². The Balaban J connectivity index is 1.60. The Morgan fingerprint density at radius 2 is 1.53 bits per heavy atom. The molecule has 3 N–H and O–H groups in total. The van der Waals surface area contributed by atoms with Gasteiger partial charge in [0.2, 0.25) is 0 Å². The van der Waals surface area contributed by atoms with E-state index in [-0.39, 0.29) is 25.2 Å². The van der Waals surface area contributed by atoms with Crippen LogP contribution in [0, 0.1) is 5.92 Å². The van der Waals surface area contributed by atoms with Crippen LogP contribution < -0.4 is 10.6 Å². The second kappa shape index (κ2) is 12.0. The van der Waals surface area contributed by atoms with Gasteiger partial charge in [0.25, 0.3) is 0 Å². The molecule has 0 aromatic heterocycles. The summed E-state index contributed by atoms with van der Waals surface area (Å²) in [5.74, 6) is -2.00. The number of anilines is 2. The number of benzene rings is 3. The SMILES string of the molecule is COCCC(CC(=O)c1ccc(-c2ccc(NC(=O)Nc3ccccc3Cl)cc2)cc1)C(=O)O. The van der Waals surface area contributed by atoms with Gasteiger partial charge in [-0.1, -0.05) is 60.1 Å². The van der Waals surface area contributed by atoms with Crippen molar-refractivity contribution in [3.8, 4) is 11.1 Å². The molecule has 0 bridgehead atoms. The van der Waals surface area contributed by atoms with Gasteiger partial charge in [-0.15, -0.1) is 0 Å². The summed E-state index contributed by atoms with van der Waals surface area (Å²) in [6.45, 7) is 0.287. The van der Waals surface area contributed by atoms with E-state index in [0.29, 0.717) is 22.0 Å². The smallest absolute Gasteiger partial charge is 0.323 e. The Kier molecular flexibility index (Phi) is 8.79. The van der Waals surface area contributed by atoms with Gasteiger partial charge in [-0.25, -0.2) is 4.79 Å². The summed E-state index contributed by atoms with van der Waals surface area (Å²) in [5, 5.41) is 15.2. The maximum absolute atomic E-state index is 12.5. The Morgan fingerprint density at radius 1 is 0.912 bits per heavy atom. The molecule has 3 rings (SSSR count). The van der Waals surface area contributed by atoms with Crippen molar-refractivity contribution >= 4 is 40.8 Å². The maximum atomic E-state index is 12.5. The first-order chi connectivity index (χ1) is 16.4. The minimum atomic E-state index is -1.00. The fourth-order valence-electron chi connectivity index (χ4n) is 3.36. The number of ether oxygens (including phenoxy) is 1. The van der Waals surface area contributed by atoms with Gasteiger partial charge in [-0.05, 0) is 41.8 Å².